The normalized spacial score (nSPS) is 17.3. The summed E-state index contributed by atoms with van der Waals surface area (Å²) in [6, 6.07) is 0.200. The van der Waals surface area contributed by atoms with E-state index in [1.54, 1.807) is 0 Å². The van der Waals surface area contributed by atoms with Crippen molar-refractivity contribution in [1.29, 1.82) is 0 Å². The predicted octanol–water partition coefficient (Wildman–Crippen LogP) is 1.24. The van der Waals surface area contributed by atoms with Crippen LogP contribution >= 0.6 is 11.8 Å². The van der Waals surface area contributed by atoms with Gasteiger partial charge in [-0.25, -0.2) is 0 Å². The minimum absolute atomic E-state index is 0.112. The molecule has 0 saturated carbocycles. The van der Waals surface area contributed by atoms with E-state index < -0.39 is 0 Å². The Balaban J connectivity index is 2.53. The Morgan fingerprint density at radius 3 is 2.38 bits per heavy atom. The lowest BCUT2D eigenvalue weighted by molar-refractivity contribution is -0.123. The molecule has 0 aromatic carbocycles. The molecule has 1 amide bonds. The van der Waals surface area contributed by atoms with E-state index in [9.17, 15) is 4.79 Å². The first kappa shape index (κ1) is 21.1. The summed E-state index contributed by atoms with van der Waals surface area (Å²) in [5.74, 6) is 1.10. The highest BCUT2D eigenvalue weighted by Gasteiger charge is 2.22. The molecule has 1 aliphatic rings. The maximum Gasteiger partial charge on any atom is 0.234 e. The molecule has 1 rings (SSSR count). The largest absolute Gasteiger partial charge is 0.357 e. The number of amides is 1. The quantitative estimate of drug-likeness (QED) is 0.530. The first-order valence-electron chi connectivity index (χ1n) is 8.87. The molecule has 0 atom stereocenters. The lowest BCUT2D eigenvalue weighted by Crippen LogP contribution is -2.54. The molecule has 0 aromatic heterocycles. The average Bonchev–Trinajstić information content (AvgIpc) is 2.51. The fourth-order valence-corrected chi connectivity index (χ4v) is 2.64. The highest BCUT2D eigenvalue weighted by molar-refractivity contribution is 7.99. The molecule has 1 fully saturated rings. The van der Waals surface area contributed by atoms with E-state index in [2.05, 4.69) is 47.5 Å². The van der Waals surface area contributed by atoms with Gasteiger partial charge in [0.05, 0.1) is 13.1 Å². The number of piperazine rings is 1. The second-order valence-corrected chi connectivity index (χ2v) is 8.63. The van der Waals surface area contributed by atoms with E-state index in [1.807, 2.05) is 25.6 Å². The lowest BCUT2D eigenvalue weighted by atomic mass is 10.2. The Morgan fingerprint density at radius 2 is 1.88 bits per heavy atom. The van der Waals surface area contributed by atoms with Crippen molar-refractivity contribution in [1.82, 2.24) is 20.4 Å². The fourth-order valence-electron chi connectivity index (χ4n) is 2.44. The van der Waals surface area contributed by atoms with Crippen LogP contribution in [-0.4, -0.2) is 84.5 Å². The maximum atomic E-state index is 11.9. The number of aliphatic imine (C=N–C) groups is 1. The molecule has 7 heteroatoms. The van der Waals surface area contributed by atoms with Crippen LogP contribution in [0.4, 0.5) is 0 Å². The molecule has 0 radical (unpaired) electrons. The van der Waals surface area contributed by atoms with Gasteiger partial charge in [0.25, 0.3) is 0 Å². The SMILES string of the molecule is CCNC(=NCC(C)(C)SC)N1CCN(CC(=O)NC(C)C)CC1. The number of thioether (sulfide) groups is 1. The van der Waals surface area contributed by atoms with Crippen molar-refractivity contribution in [3.8, 4) is 0 Å². The minimum atomic E-state index is 0.112. The third kappa shape index (κ3) is 7.75. The maximum absolute atomic E-state index is 11.9. The van der Waals surface area contributed by atoms with Crippen LogP contribution in [0.25, 0.3) is 0 Å². The third-order valence-electron chi connectivity index (χ3n) is 3.99. The second-order valence-electron chi connectivity index (χ2n) is 7.12. The Kier molecular flexibility index (Phi) is 8.91. The van der Waals surface area contributed by atoms with E-state index in [4.69, 9.17) is 4.99 Å². The summed E-state index contributed by atoms with van der Waals surface area (Å²) in [5, 5.41) is 6.35. The number of rotatable bonds is 7. The topological polar surface area (TPSA) is 60.0 Å². The summed E-state index contributed by atoms with van der Waals surface area (Å²) in [6.07, 6.45) is 2.13. The van der Waals surface area contributed by atoms with E-state index in [0.29, 0.717) is 6.54 Å². The zero-order chi connectivity index (χ0) is 18.2. The summed E-state index contributed by atoms with van der Waals surface area (Å²) < 4.78 is 0.150. The van der Waals surface area contributed by atoms with Gasteiger partial charge in [-0.1, -0.05) is 0 Å². The summed E-state index contributed by atoms with van der Waals surface area (Å²) >= 11 is 1.84. The summed E-state index contributed by atoms with van der Waals surface area (Å²) in [5.41, 5.74) is 0. The number of hydrogen-bond donors (Lipinski definition) is 2. The molecule has 0 aliphatic carbocycles. The molecule has 2 N–H and O–H groups in total. The number of carbonyl (C=O) groups is 1. The molecule has 6 nitrogen and oxygen atoms in total. The van der Waals surface area contributed by atoms with Gasteiger partial charge < -0.3 is 15.5 Å². The van der Waals surface area contributed by atoms with Crippen LogP contribution in [0.1, 0.15) is 34.6 Å². The van der Waals surface area contributed by atoms with Gasteiger partial charge in [-0.2, -0.15) is 11.8 Å². The summed E-state index contributed by atoms with van der Waals surface area (Å²) in [7, 11) is 0. The van der Waals surface area contributed by atoms with Crippen LogP contribution in [0.15, 0.2) is 4.99 Å². The van der Waals surface area contributed by atoms with Crippen molar-refractivity contribution in [2.45, 2.75) is 45.4 Å². The summed E-state index contributed by atoms with van der Waals surface area (Å²) in [4.78, 5) is 21.2. The zero-order valence-electron chi connectivity index (χ0n) is 16.2. The highest BCUT2D eigenvalue weighted by Crippen LogP contribution is 2.21. The molecular formula is C17H35N5OS. The molecule has 1 heterocycles. The Morgan fingerprint density at radius 1 is 1.25 bits per heavy atom. The van der Waals surface area contributed by atoms with Gasteiger partial charge >= 0.3 is 0 Å². The Labute approximate surface area is 151 Å². The summed E-state index contributed by atoms with van der Waals surface area (Å²) in [6.45, 7) is 16.3. The number of nitrogens with zero attached hydrogens (tertiary/aromatic N) is 3. The van der Waals surface area contributed by atoms with Crippen LogP contribution in [0, 0.1) is 0 Å². The van der Waals surface area contributed by atoms with Gasteiger partial charge in [0.1, 0.15) is 0 Å². The monoisotopic (exact) mass is 357 g/mol. The molecule has 0 bridgehead atoms. The zero-order valence-corrected chi connectivity index (χ0v) is 17.0. The van der Waals surface area contributed by atoms with Crippen LogP contribution in [0.5, 0.6) is 0 Å². The minimum Gasteiger partial charge on any atom is -0.357 e. The first-order chi connectivity index (χ1) is 11.3. The molecule has 0 unspecified atom stereocenters. The number of carbonyl (C=O) groups excluding carboxylic acids is 1. The van der Waals surface area contributed by atoms with Crippen molar-refractivity contribution < 1.29 is 4.79 Å². The van der Waals surface area contributed by atoms with Crippen LogP contribution in [-0.2, 0) is 4.79 Å². The number of hydrogen-bond acceptors (Lipinski definition) is 4. The van der Waals surface area contributed by atoms with Gasteiger partial charge in [-0.3, -0.25) is 14.7 Å². The highest BCUT2D eigenvalue weighted by atomic mass is 32.2. The van der Waals surface area contributed by atoms with Crippen LogP contribution in [0.2, 0.25) is 0 Å². The molecule has 24 heavy (non-hydrogen) atoms. The van der Waals surface area contributed by atoms with Gasteiger partial charge in [-0.05, 0) is 40.9 Å². The van der Waals surface area contributed by atoms with Gasteiger partial charge in [0, 0.05) is 43.5 Å². The van der Waals surface area contributed by atoms with Gasteiger partial charge in [0.2, 0.25) is 5.91 Å². The lowest BCUT2D eigenvalue weighted by Gasteiger charge is -2.36. The standard InChI is InChI=1S/C17H35N5OS/c1-7-18-16(19-13-17(4,5)24-6)22-10-8-21(9-11-22)12-15(23)20-14(2)3/h14H,7-13H2,1-6H3,(H,18,19)(H,20,23). The van der Waals surface area contributed by atoms with Gasteiger partial charge in [0.15, 0.2) is 5.96 Å². The fraction of sp³-hybridized carbons (Fsp3) is 0.882. The van der Waals surface area contributed by atoms with E-state index in [0.717, 1.165) is 45.2 Å². The second kappa shape index (κ2) is 10.1. The van der Waals surface area contributed by atoms with Crippen molar-refractivity contribution in [3.63, 3.8) is 0 Å². The number of nitrogens with one attached hydrogen (secondary N) is 2. The Bertz CT molecular complexity index is 417. The van der Waals surface area contributed by atoms with E-state index in [1.165, 1.54) is 0 Å². The predicted molar refractivity (Wildman–Crippen MR) is 105 cm³/mol. The van der Waals surface area contributed by atoms with Crippen molar-refractivity contribution in [2.24, 2.45) is 4.99 Å². The van der Waals surface area contributed by atoms with E-state index in [-0.39, 0.29) is 16.7 Å². The molecule has 0 aromatic rings. The molecule has 1 saturated heterocycles. The van der Waals surface area contributed by atoms with E-state index >= 15 is 0 Å². The van der Waals surface area contributed by atoms with Crippen molar-refractivity contribution >= 4 is 23.6 Å². The smallest absolute Gasteiger partial charge is 0.234 e. The van der Waals surface area contributed by atoms with Gasteiger partial charge in [-0.15, -0.1) is 0 Å². The molecular weight excluding hydrogens is 322 g/mol. The molecule has 140 valence electrons. The molecule has 0 spiro atoms. The number of guanidine groups is 1. The Hall–Kier alpha value is -0.950. The van der Waals surface area contributed by atoms with Crippen LogP contribution in [0.3, 0.4) is 0 Å². The average molecular weight is 358 g/mol. The van der Waals surface area contributed by atoms with Crippen molar-refractivity contribution in [3.05, 3.63) is 0 Å². The molecule has 1 aliphatic heterocycles. The van der Waals surface area contributed by atoms with Crippen LogP contribution < -0.4 is 10.6 Å². The van der Waals surface area contributed by atoms with Crippen molar-refractivity contribution in [2.75, 3.05) is 52.1 Å². The third-order valence-corrected chi connectivity index (χ3v) is 5.22. The first-order valence-corrected chi connectivity index (χ1v) is 10.1.